The number of nitrogens with zero attached hydrogens (tertiary/aromatic N) is 2. The van der Waals surface area contributed by atoms with Crippen molar-refractivity contribution in [2.24, 2.45) is 0 Å². The van der Waals surface area contributed by atoms with Crippen molar-refractivity contribution in [1.29, 1.82) is 0 Å². The highest BCUT2D eigenvalue weighted by atomic mass is 79.9. The highest BCUT2D eigenvalue weighted by Crippen LogP contribution is 2.17. The lowest BCUT2D eigenvalue weighted by atomic mass is 10.1. The first-order valence-electron chi connectivity index (χ1n) is 10.2. The number of benzene rings is 1. The number of aromatic nitrogens is 2. The number of hydrogen-bond acceptors (Lipinski definition) is 3. The molecular weight excluding hydrogens is 404 g/mol. The quantitative estimate of drug-likeness (QED) is 0.309. The van der Waals surface area contributed by atoms with Crippen LogP contribution in [0.1, 0.15) is 58.3 Å². The van der Waals surface area contributed by atoms with Gasteiger partial charge in [0.15, 0.2) is 0 Å². The van der Waals surface area contributed by atoms with Crippen molar-refractivity contribution in [3.05, 3.63) is 47.5 Å². The highest BCUT2D eigenvalue weighted by molar-refractivity contribution is 9.10. The predicted molar refractivity (Wildman–Crippen MR) is 114 cm³/mol. The molecule has 0 aliphatic rings. The largest absolute Gasteiger partial charge is 0.491 e. The second-order valence-corrected chi connectivity index (χ2v) is 7.91. The summed E-state index contributed by atoms with van der Waals surface area (Å²) in [7, 11) is 0. The zero-order valence-electron chi connectivity index (χ0n) is 16.5. The predicted octanol–water partition coefficient (Wildman–Crippen LogP) is 6.25. The first-order valence-corrected chi connectivity index (χ1v) is 11.0. The van der Waals surface area contributed by atoms with Gasteiger partial charge in [-0.1, -0.05) is 67.8 Å². The van der Waals surface area contributed by atoms with Crippen molar-refractivity contribution >= 4 is 15.9 Å². The summed E-state index contributed by atoms with van der Waals surface area (Å²) in [5.41, 5.74) is 0. The number of rotatable bonds is 15. The Hall–Kier alpha value is -1.33. The molecule has 1 atom stereocenters. The van der Waals surface area contributed by atoms with E-state index in [0.29, 0.717) is 6.61 Å². The Labute approximate surface area is 172 Å². The average Bonchev–Trinajstić information content (AvgIpc) is 3.19. The van der Waals surface area contributed by atoms with Gasteiger partial charge in [0.2, 0.25) is 0 Å². The number of hydrogen-bond donors (Lipinski definition) is 0. The minimum Gasteiger partial charge on any atom is -0.491 e. The normalized spacial score (nSPS) is 12.2. The molecule has 0 radical (unpaired) electrons. The smallest absolute Gasteiger partial charge is 0.119 e. The van der Waals surface area contributed by atoms with E-state index in [1.807, 2.05) is 41.4 Å². The molecule has 0 bridgehead atoms. The van der Waals surface area contributed by atoms with E-state index in [2.05, 4.69) is 27.8 Å². The number of unbranched alkanes of at least 4 members (excludes halogenated alkanes) is 7. The summed E-state index contributed by atoms with van der Waals surface area (Å²) in [6, 6.07) is 7.91. The molecule has 4 nitrogen and oxygen atoms in total. The van der Waals surface area contributed by atoms with Crippen LogP contribution in [0, 0.1) is 0 Å². The van der Waals surface area contributed by atoms with Crippen molar-refractivity contribution in [1.82, 2.24) is 9.55 Å². The van der Waals surface area contributed by atoms with E-state index < -0.39 is 0 Å². The van der Waals surface area contributed by atoms with Crippen LogP contribution in [0.4, 0.5) is 0 Å². The Morgan fingerprint density at radius 1 is 1.00 bits per heavy atom. The first kappa shape index (κ1) is 22.0. The van der Waals surface area contributed by atoms with Crippen molar-refractivity contribution in [2.45, 2.75) is 70.9 Å². The third-order valence-corrected chi connectivity index (χ3v) is 5.10. The monoisotopic (exact) mass is 436 g/mol. The van der Waals surface area contributed by atoms with Gasteiger partial charge in [0.1, 0.15) is 18.5 Å². The molecule has 0 amide bonds. The van der Waals surface area contributed by atoms with Crippen LogP contribution < -0.4 is 4.74 Å². The van der Waals surface area contributed by atoms with Gasteiger partial charge in [-0.3, -0.25) is 0 Å². The fourth-order valence-electron chi connectivity index (χ4n) is 2.99. The van der Waals surface area contributed by atoms with Crippen LogP contribution in [0.3, 0.4) is 0 Å². The van der Waals surface area contributed by atoms with Crippen LogP contribution in [0.2, 0.25) is 0 Å². The first-order chi connectivity index (χ1) is 13.3. The van der Waals surface area contributed by atoms with E-state index in [1.54, 1.807) is 6.20 Å². The number of imidazole rings is 1. The van der Waals surface area contributed by atoms with Gasteiger partial charge in [0, 0.05) is 23.5 Å². The molecule has 0 aliphatic carbocycles. The summed E-state index contributed by atoms with van der Waals surface area (Å²) in [5, 5.41) is 0. The zero-order chi connectivity index (χ0) is 19.2. The van der Waals surface area contributed by atoms with E-state index >= 15 is 0 Å². The molecule has 5 heteroatoms. The molecule has 27 heavy (non-hydrogen) atoms. The maximum Gasteiger partial charge on any atom is 0.119 e. The van der Waals surface area contributed by atoms with E-state index in [-0.39, 0.29) is 6.10 Å². The summed E-state index contributed by atoms with van der Waals surface area (Å²) in [5.74, 6) is 0.865. The molecule has 1 heterocycles. The van der Waals surface area contributed by atoms with Crippen molar-refractivity contribution in [3.8, 4) is 5.75 Å². The number of ether oxygens (including phenoxy) is 2. The lowest BCUT2D eigenvalue weighted by Gasteiger charge is -2.19. The van der Waals surface area contributed by atoms with Gasteiger partial charge in [0.25, 0.3) is 0 Å². The molecule has 0 saturated carbocycles. The van der Waals surface area contributed by atoms with E-state index in [9.17, 15) is 0 Å². The molecule has 0 N–H and O–H groups in total. The molecule has 1 unspecified atom stereocenters. The highest BCUT2D eigenvalue weighted by Gasteiger charge is 2.11. The molecule has 0 spiro atoms. The zero-order valence-corrected chi connectivity index (χ0v) is 18.1. The van der Waals surface area contributed by atoms with Gasteiger partial charge in [-0.15, -0.1) is 0 Å². The van der Waals surface area contributed by atoms with Crippen molar-refractivity contribution in [3.63, 3.8) is 0 Å². The Balaban J connectivity index is 1.66. The van der Waals surface area contributed by atoms with Gasteiger partial charge in [-0.25, -0.2) is 4.98 Å². The van der Waals surface area contributed by atoms with E-state index in [0.717, 1.165) is 29.8 Å². The fourth-order valence-corrected chi connectivity index (χ4v) is 3.25. The fraction of sp³-hybridized carbons (Fsp3) is 0.591. The third-order valence-electron chi connectivity index (χ3n) is 4.57. The van der Waals surface area contributed by atoms with Crippen LogP contribution in [0.5, 0.6) is 5.75 Å². The van der Waals surface area contributed by atoms with Gasteiger partial charge in [0.05, 0.1) is 12.9 Å². The molecule has 0 aliphatic heterocycles. The van der Waals surface area contributed by atoms with Crippen LogP contribution in [0.25, 0.3) is 0 Å². The van der Waals surface area contributed by atoms with Crippen LogP contribution >= 0.6 is 15.9 Å². The van der Waals surface area contributed by atoms with Gasteiger partial charge in [-0.05, 0) is 30.7 Å². The summed E-state index contributed by atoms with van der Waals surface area (Å²) in [4.78, 5) is 4.12. The van der Waals surface area contributed by atoms with Gasteiger partial charge < -0.3 is 14.0 Å². The minimum atomic E-state index is 0.0207. The minimum absolute atomic E-state index is 0.0207. The Bertz CT molecular complexity index is 587. The van der Waals surface area contributed by atoms with Crippen LogP contribution in [0.15, 0.2) is 47.5 Å². The summed E-state index contributed by atoms with van der Waals surface area (Å²) in [6.45, 7) is 4.35. The molecule has 0 fully saturated rings. The Kier molecular flexibility index (Phi) is 11.2. The second-order valence-electron chi connectivity index (χ2n) is 6.99. The van der Waals surface area contributed by atoms with Gasteiger partial charge >= 0.3 is 0 Å². The lowest BCUT2D eigenvalue weighted by molar-refractivity contribution is 0.00807. The topological polar surface area (TPSA) is 36.3 Å². The van der Waals surface area contributed by atoms with E-state index in [4.69, 9.17) is 9.47 Å². The van der Waals surface area contributed by atoms with Crippen LogP contribution in [-0.4, -0.2) is 28.9 Å². The van der Waals surface area contributed by atoms with Crippen LogP contribution in [-0.2, 0) is 11.3 Å². The van der Waals surface area contributed by atoms with Gasteiger partial charge in [-0.2, -0.15) is 0 Å². The molecule has 0 saturated heterocycles. The third kappa shape index (κ3) is 9.96. The lowest BCUT2D eigenvalue weighted by Crippen LogP contribution is -2.27. The van der Waals surface area contributed by atoms with Crippen molar-refractivity contribution in [2.75, 3.05) is 13.2 Å². The van der Waals surface area contributed by atoms with E-state index in [1.165, 1.54) is 44.9 Å². The molecule has 2 aromatic rings. The van der Waals surface area contributed by atoms with Crippen molar-refractivity contribution < 1.29 is 9.47 Å². The molecular formula is C22H33BrN2O2. The second kappa shape index (κ2) is 13.8. The molecule has 2 rings (SSSR count). The summed E-state index contributed by atoms with van der Waals surface area (Å²) >= 11 is 3.45. The maximum atomic E-state index is 6.12. The average molecular weight is 437 g/mol. The Morgan fingerprint density at radius 2 is 1.70 bits per heavy atom. The standard InChI is InChI=1S/C22H33BrN2O2/c1-2-3-4-5-6-7-8-9-16-26-22(17-25-15-14-24-19-25)18-27-21-12-10-20(23)11-13-21/h10-15,19,22H,2-9,16-18H2,1H3. The number of halogens is 1. The SMILES string of the molecule is CCCCCCCCCCOC(COc1ccc(Br)cc1)Cn1ccnc1. The molecule has 1 aromatic heterocycles. The summed E-state index contributed by atoms with van der Waals surface area (Å²) in [6.07, 6.45) is 16.1. The molecule has 1 aromatic carbocycles. The maximum absolute atomic E-state index is 6.12. The summed E-state index contributed by atoms with van der Waals surface area (Å²) < 4.78 is 15.1. The molecule has 150 valence electrons. The Morgan fingerprint density at radius 3 is 2.37 bits per heavy atom.